The van der Waals surface area contributed by atoms with E-state index in [-0.39, 0.29) is 18.5 Å². The molecular formula is C80H155NO5. The Balaban J connectivity index is 3.32. The molecule has 2 unspecified atom stereocenters. The predicted octanol–water partition coefficient (Wildman–Crippen LogP) is 26.0. The fraction of sp³-hybridized carbons (Fsp3) is 0.925. The van der Waals surface area contributed by atoms with Gasteiger partial charge in [-0.3, -0.25) is 9.59 Å². The molecular weight excluding hydrogens is 1050 g/mol. The van der Waals surface area contributed by atoms with Crippen LogP contribution in [0, 0.1) is 0 Å². The van der Waals surface area contributed by atoms with E-state index in [4.69, 9.17) is 4.74 Å². The maximum Gasteiger partial charge on any atom is 0.305 e. The fourth-order valence-corrected chi connectivity index (χ4v) is 12.7. The van der Waals surface area contributed by atoms with Crippen LogP contribution in [0.4, 0.5) is 0 Å². The summed E-state index contributed by atoms with van der Waals surface area (Å²) in [5.41, 5.74) is 0. The van der Waals surface area contributed by atoms with Crippen molar-refractivity contribution in [1.29, 1.82) is 0 Å². The Bertz CT molecular complexity index is 1350. The fourth-order valence-electron chi connectivity index (χ4n) is 12.7. The number of ether oxygens (including phenoxy) is 1. The zero-order valence-corrected chi connectivity index (χ0v) is 58.6. The third kappa shape index (κ3) is 71.4. The number of carbonyl (C=O) groups is 2. The minimum absolute atomic E-state index is 0.00790. The standard InChI is InChI=1S/C80H155NO5/c1-3-5-7-9-11-13-15-17-19-20-21-22-36-39-42-45-48-52-56-60-64-68-72-78(83)77(76-82)81-79(84)73-69-65-61-57-53-49-46-43-40-37-34-32-30-28-26-24-23-25-27-29-31-33-35-38-41-44-47-51-55-59-63-67-71-75-86-80(85)74-70-66-62-58-54-50-18-16-14-12-10-8-6-4-2/h10,12,16,18,77-78,82-83H,3-9,11,13-15,17,19-76H2,1-2H3,(H,81,84)/b12-10-,18-16-. The highest BCUT2D eigenvalue weighted by Gasteiger charge is 2.20. The average Bonchev–Trinajstić information content (AvgIpc) is 3.56. The Morgan fingerprint density at radius 3 is 0.919 bits per heavy atom. The van der Waals surface area contributed by atoms with Crippen molar-refractivity contribution in [3.05, 3.63) is 24.3 Å². The summed E-state index contributed by atoms with van der Waals surface area (Å²) in [4.78, 5) is 24.6. The predicted molar refractivity (Wildman–Crippen MR) is 380 cm³/mol. The zero-order chi connectivity index (χ0) is 62.0. The maximum absolute atomic E-state index is 12.6. The first-order chi connectivity index (χ1) is 42.5. The molecule has 2 atom stereocenters. The van der Waals surface area contributed by atoms with Crippen LogP contribution in [0.2, 0.25) is 0 Å². The van der Waals surface area contributed by atoms with Gasteiger partial charge in [-0.1, -0.05) is 411 Å². The van der Waals surface area contributed by atoms with Crippen molar-refractivity contribution in [2.24, 2.45) is 0 Å². The molecule has 86 heavy (non-hydrogen) atoms. The summed E-state index contributed by atoms with van der Waals surface area (Å²) in [6, 6.07) is -0.539. The Labute approximate surface area is 539 Å². The van der Waals surface area contributed by atoms with E-state index in [9.17, 15) is 19.8 Å². The SMILES string of the molecule is CCCC/C=C\C/C=C\CCCCCCCC(=O)OCCCCCCCCCCCCCCCCCCCCCCCCCCCCCCCCCCCC(=O)NC(CO)C(O)CCCCCCCCCCCCCCCCCCCCCCCC. The van der Waals surface area contributed by atoms with Gasteiger partial charge in [-0.05, 0) is 51.4 Å². The van der Waals surface area contributed by atoms with Gasteiger partial charge in [0.2, 0.25) is 5.91 Å². The molecule has 0 aliphatic rings. The molecule has 6 heteroatoms. The molecule has 0 rings (SSSR count). The van der Waals surface area contributed by atoms with E-state index in [1.807, 2.05) is 0 Å². The van der Waals surface area contributed by atoms with E-state index in [1.54, 1.807) is 0 Å². The Morgan fingerprint density at radius 2 is 0.593 bits per heavy atom. The second-order valence-electron chi connectivity index (χ2n) is 27.4. The van der Waals surface area contributed by atoms with Crippen molar-refractivity contribution in [1.82, 2.24) is 5.32 Å². The number of rotatable bonds is 75. The molecule has 0 heterocycles. The highest BCUT2D eigenvalue weighted by atomic mass is 16.5. The summed E-state index contributed by atoms with van der Waals surface area (Å²) in [5, 5.41) is 23.5. The Morgan fingerprint density at radius 1 is 0.326 bits per heavy atom. The van der Waals surface area contributed by atoms with Gasteiger partial charge >= 0.3 is 5.97 Å². The number of unbranched alkanes of at least 4 members (excludes halogenated alkanes) is 60. The van der Waals surface area contributed by atoms with Gasteiger partial charge in [0, 0.05) is 12.8 Å². The number of amides is 1. The first-order valence-electron chi connectivity index (χ1n) is 39.6. The lowest BCUT2D eigenvalue weighted by Crippen LogP contribution is -2.45. The Hall–Kier alpha value is -1.66. The molecule has 1 amide bonds. The van der Waals surface area contributed by atoms with Gasteiger partial charge in [0.1, 0.15) is 0 Å². The summed E-state index contributed by atoms with van der Waals surface area (Å²) < 4.78 is 5.49. The normalized spacial score (nSPS) is 12.6. The average molecular weight is 1210 g/mol. The largest absolute Gasteiger partial charge is 0.466 e. The number of aliphatic hydroxyl groups excluding tert-OH is 2. The van der Waals surface area contributed by atoms with E-state index < -0.39 is 12.1 Å². The Kier molecular flexibility index (Phi) is 74.3. The summed E-state index contributed by atoms with van der Waals surface area (Å²) in [6.07, 6.45) is 97.0. The number of hydrogen-bond donors (Lipinski definition) is 3. The molecule has 0 saturated carbocycles. The molecule has 0 spiro atoms. The van der Waals surface area contributed by atoms with Crippen molar-refractivity contribution in [3.8, 4) is 0 Å². The lowest BCUT2D eigenvalue weighted by atomic mass is 10.0. The third-order valence-corrected chi connectivity index (χ3v) is 18.8. The first kappa shape index (κ1) is 84.3. The van der Waals surface area contributed by atoms with Crippen LogP contribution in [0.5, 0.6) is 0 Å². The van der Waals surface area contributed by atoms with Crippen LogP contribution in [0.15, 0.2) is 24.3 Å². The van der Waals surface area contributed by atoms with Gasteiger partial charge in [-0.25, -0.2) is 0 Å². The molecule has 6 nitrogen and oxygen atoms in total. The van der Waals surface area contributed by atoms with E-state index >= 15 is 0 Å². The topological polar surface area (TPSA) is 95.9 Å². The van der Waals surface area contributed by atoms with Crippen LogP contribution in [0.3, 0.4) is 0 Å². The van der Waals surface area contributed by atoms with Crippen LogP contribution in [-0.4, -0.2) is 47.4 Å². The molecule has 0 aromatic carbocycles. The molecule has 0 fully saturated rings. The van der Waals surface area contributed by atoms with Gasteiger partial charge in [0.05, 0.1) is 25.4 Å². The van der Waals surface area contributed by atoms with E-state index in [0.29, 0.717) is 25.9 Å². The minimum Gasteiger partial charge on any atom is -0.466 e. The molecule has 510 valence electrons. The monoisotopic (exact) mass is 1210 g/mol. The zero-order valence-electron chi connectivity index (χ0n) is 58.6. The van der Waals surface area contributed by atoms with Gasteiger partial charge in [-0.15, -0.1) is 0 Å². The number of nitrogens with one attached hydrogen (secondary N) is 1. The summed E-state index contributed by atoms with van der Waals surface area (Å²) in [6.45, 7) is 4.96. The van der Waals surface area contributed by atoms with E-state index in [1.165, 1.54) is 366 Å². The van der Waals surface area contributed by atoms with Crippen molar-refractivity contribution < 1.29 is 24.5 Å². The van der Waals surface area contributed by atoms with Gasteiger partial charge < -0.3 is 20.3 Å². The van der Waals surface area contributed by atoms with Crippen LogP contribution >= 0.6 is 0 Å². The number of carbonyl (C=O) groups excluding carboxylic acids is 2. The maximum atomic E-state index is 12.6. The number of hydrogen-bond acceptors (Lipinski definition) is 5. The molecule has 0 bridgehead atoms. The van der Waals surface area contributed by atoms with E-state index in [0.717, 1.165) is 51.4 Å². The van der Waals surface area contributed by atoms with Crippen molar-refractivity contribution in [2.75, 3.05) is 13.2 Å². The lowest BCUT2D eigenvalue weighted by Gasteiger charge is -2.22. The molecule has 0 saturated heterocycles. The number of esters is 1. The first-order valence-corrected chi connectivity index (χ1v) is 39.6. The third-order valence-electron chi connectivity index (χ3n) is 18.8. The summed E-state index contributed by atoms with van der Waals surface area (Å²) in [5.74, 6) is -0.0168. The van der Waals surface area contributed by atoms with Crippen LogP contribution in [-0.2, 0) is 14.3 Å². The van der Waals surface area contributed by atoms with Crippen LogP contribution in [0.25, 0.3) is 0 Å². The number of aliphatic hydroxyl groups is 2. The minimum atomic E-state index is -0.662. The van der Waals surface area contributed by atoms with Gasteiger partial charge in [0.15, 0.2) is 0 Å². The highest BCUT2D eigenvalue weighted by molar-refractivity contribution is 5.76. The molecule has 3 N–H and O–H groups in total. The smallest absolute Gasteiger partial charge is 0.305 e. The highest BCUT2D eigenvalue weighted by Crippen LogP contribution is 2.20. The van der Waals surface area contributed by atoms with Crippen LogP contribution < -0.4 is 5.32 Å². The molecule has 0 aliphatic carbocycles. The lowest BCUT2D eigenvalue weighted by molar-refractivity contribution is -0.143. The summed E-state index contributed by atoms with van der Waals surface area (Å²) in [7, 11) is 0. The summed E-state index contributed by atoms with van der Waals surface area (Å²) >= 11 is 0. The van der Waals surface area contributed by atoms with Crippen molar-refractivity contribution in [2.45, 2.75) is 463 Å². The molecule has 0 aromatic rings. The van der Waals surface area contributed by atoms with Gasteiger partial charge in [0.25, 0.3) is 0 Å². The van der Waals surface area contributed by atoms with Crippen molar-refractivity contribution in [3.63, 3.8) is 0 Å². The molecule has 0 aromatic heterocycles. The van der Waals surface area contributed by atoms with E-state index in [2.05, 4.69) is 43.5 Å². The van der Waals surface area contributed by atoms with Gasteiger partial charge in [-0.2, -0.15) is 0 Å². The van der Waals surface area contributed by atoms with Crippen molar-refractivity contribution >= 4 is 11.9 Å². The number of allylic oxidation sites excluding steroid dienone is 4. The second-order valence-corrected chi connectivity index (χ2v) is 27.4. The molecule has 0 radical (unpaired) electrons. The molecule has 0 aliphatic heterocycles. The van der Waals surface area contributed by atoms with Crippen LogP contribution in [0.1, 0.15) is 450 Å². The second kappa shape index (κ2) is 75.8. The quantitative estimate of drug-likeness (QED) is 0.0320.